The SMILES string of the molecule is C#CC(C)C(CC)C(=O)OC(C#N)c1cccc(Oc2ccccc2)c1. The van der Waals surface area contributed by atoms with Gasteiger partial charge in [0.25, 0.3) is 0 Å². The zero-order chi connectivity index (χ0) is 18.9. The molecule has 26 heavy (non-hydrogen) atoms. The third kappa shape index (κ3) is 4.88. The van der Waals surface area contributed by atoms with E-state index in [0.29, 0.717) is 23.5 Å². The second-order valence-corrected chi connectivity index (χ2v) is 5.90. The highest BCUT2D eigenvalue weighted by molar-refractivity contribution is 5.73. The van der Waals surface area contributed by atoms with E-state index >= 15 is 0 Å². The van der Waals surface area contributed by atoms with Crippen molar-refractivity contribution in [3.63, 3.8) is 0 Å². The van der Waals surface area contributed by atoms with Crippen LogP contribution in [0.4, 0.5) is 0 Å². The third-order valence-corrected chi connectivity index (χ3v) is 4.10. The minimum Gasteiger partial charge on any atom is -0.457 e. The van der Waals surface area contributed by atoms with Gasteiger partial charge in [0.2, 0.25) is 6.10 Å². The fourth-order valence-corrected chi connectivity index (χ4v) is 2.58. The number of hydrogen-bond donors (Lipinski definition) is 0. The Morgan fingerprint density at radius 1 is 1.15 bits per heavy atom. The van der Waals surface area contributed by atoms with E-state index in [4.69, 9.17) is 15.9 Å². The van der Waals surface area contributed by atoms with Gasteiger partial charge in [-0.1, -0.05) is 44.2 Å². The summed E-state index contributed by atoms with van der Waals surface area (Å²) in [5, 5.41) is 9.45. The van der Waals surface area contributed by atoms with Gasteiger partial charge in [0.15, 0.2) is 0 Å². The van der Waals surface area contributed by atoms with Crippen LogP contribution in [0.25, 0.3) is 0 Å². The summed E-state index contributed by atoms with van der Waals surface area (Å²) >= 11 is 0. The Balaban J connectivity index is 2.15. The number of carbonyl (C=O) groups is 1. The molecular weight excluding hydrogens is 326 g/mol. The number of esters is 1. The maximum Gasteiger partial charge on any atom is 0.311 e. The summed E-state index contributed by atoms with van der Waals surface area (Å²) in [6.45, 7) is 3.67. The Bertz CT molecular complexity index is 817. The Morgan fingerprint density at radius 3 is 2.46 bits per heavy atom. The average molecular weight is 347 g/mol. The van der Waals surface area contributed by atoms with Crippen LogP contribution in [0.1, 0.15) is 31.9 Å². The lowest BCUT2D eigenvalue weighted by molar-refractivity contribution is -0.153. The van der Waals surface area contributed by atoms with Crippen molar-refractivity contribution in [2.45, 2.75) is 26.4 Å². The first-order chi connectivity index (χ1) is 12.6. The molecule has 0 N–H and O–H groups in total. The number of ether oxygens (including phenoxy) is 2. The first kappa shape index (κ1) is 19.1. The van der Waals surface area contributed by atoms with Crippen LogP contribution in [0.15, 0.2) is 54.6 Å². The Labute approximate surface area is 154 Å². The molecule has 0 aliphatic carbocycles. The molecule has 0 bridgehead atoms. The number of benzene rings is 2. The molecule has 132 valence electrons. The summed E-state index contributed by atoms with van der Waals surface area (Å²) < 4.78 is 11.2. The molecule has 0 aromatic heterocycles. The molecule has 0 aliphatic rings. The number of hydrogen-bond acceptors (Lipinski definition) is 4. The lowest BCUT2D eigenvalue weighted by atomic mass is 9.92. The first-order valence-electron chi connectivity index (χ1n) is 8.48. The van der Waals surface area contributed by atoms with Gasteiger partial charge in [-0.15, -0.1) is 12.3 Å². The zero-order valence-corrected chi connectivity index (χ0v) is 14.9. The Kier molecular flexibility index (Phi) is 6.83. The lowest BCUT2D eigenvalue weighted by Crippen LogP contribution is -2.24. The molecule has 3 atom stereocenters. The molecule has 0 heterocycles. The molecule has 0 aliphatic heterocycles. The predicted octanol–water partition coefficient (Wildman–Crippen LogP) is 4.88. The molecule has 2 rings (SSSR count). The van der Waals surface area contributed by atoms with Crippen LogP contribution in [0.2, 0.25) is 0 Å². The highest BCUT2D eigenvalue weighted by Gasteiger charge is 2.27. The molecule has 0 spiro atoms. The molecule has 3 unspecified atom stereocenters. The van der Waals surface area contributed by atoms with Crippen LogP contribution in [0, 0.1) is 35.5 Å². The second-order valence-electron chi connectivity index (χ2n) is 5.90. The average Bonchev–Trinajstić information content (AvgIpc) is 2.67. The van der Waals surface area contributed by atoms with Crippen LogP contribution >= 0.6 is 0 Å². The minimum atomic E-state index is -1.01. The normalized spacial score (nSPS) is 13.5. The van der Waals surface area contributed by atoms with Gasteiger partial charge in [0.1, 0.15) is 17.6 Å². The Hall–Kier alpha value is -3.24. The van der Waals surface area contributed by atoms with E-state index in [1.54, 1.807) is 31.2 Å². The van der Waals surface area contributed by atoms with E-state index in [9.17, 15) is 10.1 Å². The van der Waals surface area contributed by atoms with Crippen molar-refractivity contribution in [1.82, 2.24) is 0 Å². The highest BCUT2D eigenvalue weighted by Crippen LogP contribution is 2.27. The largest absolute Gasteiger partial charge is 0.457 e. The van der Waals surface area contributed by atoms with Crippen molar-refractivity contribution in [2.75, 3.05) is 0 Å². The molecule has 0 radical (unpaired) electrons. The number of nitrogens with zero attached hydrogens (tertiary/aromatic N) is 1. The molecule has 4 nitrogen and oxygen atoms in total. The van der Waals surface area contributed by atoms with Crippen LogP contribution < -0.4 is 4.74 Å². The van der Waals surface area contributed by atoms with E-state index in [1.807, 2.05) is 43.3 Å². The van der Waals surface area contributed by atoms with Crippen molar-refractivity contribution in [1.29, 1.82) is 5.26 Å². The zero-order valence-electron chi connectivity index (χ0n) is 14.9. The maximum atomic E-state index is 12.4. The summed E-state index contributed by atoms with van der Waals surface area (Å²) in [5.41, 5.74) is 0.553. The molecule has 4 heteroatoms. The number of nitriles is 1. The van der Waals surface area contributed by atoms with Crippen molar-refractivity contribution in [3.05, 3.63) is 60.2 Å². The third-order valence-electron chi connectivity index (χ3n) is 4.10. The number of para-hydroxylation sites is 1. The number of rotatable bonds is 7. The fraction of sp³-hybridized carbons (Fsp3) is 0.273. The van der Waals surface area contributed by atoms with E-state index in [1.165, 1.54) is 0 Å². The monoisotopic (exact) mass is 347 g/mol. The second kappa shape index (κ2) is 9.30. The van der Waals surface area contributed by atoms with Crippen LogP contribution in [0.3, 0.4) is 0 Å². The summed E-state index contributed by atoms with van der Waals surface area (Å²) in [7, 11) is 0. The quantitative estimate of drug-likeness (QED) is 0.529. The first-order valence-corrected chi connectivity index (χ1v) is 8.48. The topological polar surface area (TPSA) is 59.3 Å². The van der Waals surface area contributed by atoms with Crippen LogP contribution in [-0.4, -0.2) is 5.97 Å². The minimum absolute atomic E-state index is 0.250. The van der Waals surface area contributed by atoms with Gasteiger partial charge in [0, 0.05) is 11.5 Å². The summed E-state index contributed by atoms with van der Waals surface area (Å²) in [4.78, 5) is 12.4. The summed E-state index contributed by atoms with van der Waals surface area (Å²) in [6.07, 6.45) is 4.96. The van der Waals surface area contributed by atoms with Gasteiger partial charge in [-0.2, -0.15) is 5.26 Å². The van der Waals surface area contributed by atoms with E-state index < -0.39 is 18.0 Å². The molecule has 2 aromatic rings. The number of carbonyl (C=O) groups excluding carboxylic acids is 1. The van der Waals surface area contributed by atoms with Gasteiger partial charge in [-0.05, 0) is 30.7 Å². The Morgan fingerprint density at radius 2 is 1.85 bits per heavy atom. The van der Waals surface area contributed by atoms with Gasteiger partial charge in [-0.25, -0.2) is 0 Å². The van der Waals surface area contributed by atoms with Crippen molar-refractivity contribution < 1.29 is 14.3 Å². The maximum absolute atomic E-state index is 12.4. The summed E-state index contributed by atoms with van der Waals surface area (Å²) in [6, 6.07) is 18.3. The fourth-order valence-electron chi connectivity index (χ4n) is 2.58. The van der Waals surface area contributed by atoms with Gasteiger partial charge >= 0.3 is 5.97 Å². The van der Waals surface area contributed by atoms with Crippen molar-refractivity contribution >= 4 is 5.97 Å². The smallest absolute Gasteiger partial charge is 0.311 e. The van der Waals surface area contributed by atoms with Gasteiger partial charge < -0.3 is 9.47 Å². The number of terminal acetylenes is 1. The van der Waals surface area contributed by atoms with Crippen molar-refractivity contribution in [3.8, 4) is 29.9 Å². The standard InChI is InChI=1S/C22H21NO3/c1-4-16(3)20(5-2)22(24)26-21(15-23)17-10-9-13-19(14-17)25-18-11-7-6-8-12-18/h1,6-14,16,20-21H,5H2,2-3H3. The van der Waals surface area contributed by atoms with Crippen LogP contribution in [0.5, 0.6) is 11.5 Å². The van der Waals surface area contributed by atoms with Gasteiger partial charge in [0.05, 0.1) is 5.92 Å². The lowest BCUT2D eigenvalue weighted by Gasteiger charge is -2.19. The van der Waals surface area contributed by atoms with Crippen LogP contribution in [-0.2, 0) is 9.53 Å². The summed E-state index contributed by atoms with van der Waals surface area (Å²) in [5.74, 6) is 2.67. The van der Waals surface area contributed by atoms with E-state index in [-0.39, 0.29) is 5.92 Å². The molecule has 0 saturated carbocycles. The van der Waals surface area contributed by atoms with E-state index in [0.717, 1.165) is 0 Å². The van der Waals surface area contributed by atoms with Gasteiger partial charge in [-0.3, -0.25) is 4.79 Å². The molecule has 0 fully saturated rings. The molecule has 0 amide bonds. The van der Waals surface area contributed by atoms with E-state index in [2.05, 4.69) is 5.92 Å². The van der Waals surface area contributed by atoms with Crippen molar-refractivity contribution in [2.24, 2.45) is 11.8 Å². The molecule has 0 saturated heterocycles. The molecular formula is C22H21NO3. The predicted molar refractivity (Wildman–Crippen MR) is 99.2 cm³/mol. The highest BCUT2D eigenvalue weighted by atomic mass is 16.5. The molecule has 2 aromatic carbocycles.